The van der Waals surface area contributed by atoms with Crippen molar-refractivity contribution in [1.29, 1.82) is 0 Å². The molecule has 1 amide bonds. The lowest BCUT2D eigenvalue weighted by atomic mass is 10.0. The molecule has 0 aliphatic rings. The zero-order valence-corrected chi connectivity index (χ0v) is 17.5. The standard InChI is InChI=1S/C23H24N2O3S/c1-4-18-10-8-9-17(3)22(18)24-23(26)19-14-13-16(2)21(15-19)25-29(27,28)20-11-6-5-7-12-20/h5-15,25H,4H2,1-3H3,(H,24,26). The topological polar surface area (TPSA) is 75.3 Å². The van der Waals surface area contributed by atoms with Crippen molar-refractivity contribution in [2.24, 2.45) is 0 Å². The van der Waals surface area contributed by atoms with E-state index in [1.165, 1.54) is 12.1 Å². The molecule has 0 aliphatic heterocycles. The molecule has 2 N–H and O–H groups in total. The number of hydrogen-bond acceptors (Lipinski definition) is 3. The van der Waals surface area contributed by atoms with Crippen LogP contribution in [0, 0.1) is 13.8 Å². The monoisotopic (exact) mass is 408 g/mol. The number of nitrogens with one attached hydrogen (secondary N) is 2. The summed E-state index contributed by atoms with van der Waals surface area (Å²) in [6.45, 7) is 5.77. The van der Waals surface area contributed by atoms with Crippen molar-refractivity contribution in [3.05, 3.63) is 89.0 Å². The van der Waals surface area contributed by atoms with Gasteiger partial charge in [0, 0.05) is 11.3 Å². The van der Waals surface area contributed by atoms with Gasteiger partial charge in [-0.2, -0.15) is 0 Å². The molecule has 0 aliphatic carbocycles. The zero-order chi connectivity index (χ0) is 21.0. The molecule has 0 fully saturated rings. The maximum Gasteiger partial charge on any atom is 0.261 e. The van der Waals surface area contributed by atoms with Crippen LogP contribution in [0.4, 0.5) is 11.4 Å². The second-order valence-electron chi connectivity index (χ2n) is 6.86. The summed E-state index contributed by atoms with van der Waals surface area (Å²) in [5.41, 5.74) is 4.32. The van der Waals surface area contributed by atoms with E-state index < -0.39 is 10.0 Å². The van der Waals surface area contributed by atoms with Gasteiger partial charge in [-0.15, -0.1) is 0 Å². The smallest absolute Gasteiger partial charge is 0.261 e. The SMILES string of the molecule is CCc1cccc(C)c1NC(=O)c1ccc(C)c(NS(=O)(=O)c2ccccc2)c1. The molecule has 0 heterocycles. The highest BCUT2D eigenvalue weighted by molar-refractivity contribution is 7.92. The van der Waals surface area contributed by atoms with Gasteiger partial charge in [-0.1, -0.05) is 49.4 Å². The lowest BCUT2D eigenvalue weighted by Crippen LogP contribution is -2.17. The minimum atomic E-state index is -3.74. The number of carbonyl (C=O) groups excluding carboxylic acids is 1. The number of amides is 1. The fourth-order valence-corrected chi connectivity index (χ4v) is 4.21. The molecular formula is C23H24N2O3S. The van der Waals surface area contributed by atoms with Gasteiger partial charge in [0.15, 0.2) is 0 Å². The third-order valence-electron chi connectivity index (χ3n) is 4.78. The number of anilines is 2. The van der Waals surface area contributed by atoms with E-state index in [2.05, 4.69) is 10.0 Å². The van der Waals surface area contributed by atoms with Crippen molar-refractivity contribution in [3.63, 3.8) is 0 Å². The second kappa shape index (κ2) is 8.49. The van der Waals surface area contributed by atoms with Gasteiger partial charge in [0.05, 0.1) is 10.6 Å². The summed E-state index contributed by atoms with van der Waals surface area (Å²) in [6, 6.07) is 19.0. The molecular weight excluding hydrogens is 384 g/mol. The molecule has 0 unspecified atom stereocenters. The Morgan fingerprint density at radius 1 is 0.897 bits per heavy atom. The normalized spacial score (nSPS) is 11.1. The quantitative estimate of drug-likeness (QED) is 0.608. The third-order valence-corrected chi connectivity index (χ3v) is 6.16. The van der Waals surface area contributed by atoms with Gasteiger partial charge >= 0.3 is 0 Å². The number of para-hydroxylation sites is 1. The molecule has 0 saturated carbocycles. The molecule has 0 spiro atoms. The predicted molar refractivity (Wildman–Crippen MR) is 117 cm³/mol. The van der Waals surface area contributed by atoms with Crippen molar-refractivity contribution in [2.45, 2.75) is 32.1 Å². The molecule has 3 rings (SSSR count). The van der Waals surface area contributed by atoms with Crippen LogP contribution < -0.4 is 10.0 Å². The van der Waals surface area contributed by atoms with Gasteiger partial charge in [0.1, 0.15) is 0 Å². The molecule has 0 atom stereocenters. The number of aryl methyl sites for hydroxylation is 3. The van der Waals surface area contributed by atoms with Crippen LogP contribution in [-0.2, 0) is 16.4 Å². The van der Waals surface area contributed by atoms with Gasteiger partial charge < -0.3 is 5.32 Å². The molecule has 0 radical (unpaired) electrons. The first kappa shape index (κ1) is 20.6. The van der Waals surface area contributed by atoms with Crippen LogP contribution in [0.1, 0.15) is 34.0 Å². The summed E-state index contributed by atoms with van der Waals surface area (Å²) in [5, 5.41) is 2.97. The van der Waals surface area contributed by atoms with Gasteiger partial charge in [-0.25, -0.2) is 8.42 Å². The first-order valence-corrected chi connectivity index (χ1v) is 10.9. The van der Waals surface area contributed by atoms with Gasteiger partial charge in [-0.05, 0) is 61.2 Å². The van der Waals surface area contributed by atoms with Crippen molar-refractivity contribution in [3.8, 4) is 0 Å². The summed E-state index contributed by atoms with van der Waals surface area (Å²) >= 11 is 0. The summed E-state index contributed by atoms with van der Waals surface area (Å²) < 4.78 is 27.9. The predicted octanol–water partition coefficient (Wildman–Crippen LogP) is 4.92. The summed E-state index contributed by atoms with van der Waals surface area (Å²) in [4.78, 5) is 13.0. The Morgan fingerprint density at radius 3 is 2.31 bits per heavy atom. The minimum absolute atomic E-state index is 0.168. The van der Waals surface area contributed by atoms with E-state index in [9.17, 15) is 13.2 Å². The van der Waals surface area contributed by atoms with Crippen molar-refractivity contribution in [1.82, 2.24) is 0 Å². The van der Waals surface area contributed by atoms with Crippen molar-refractivity contribution >= 4 is 27.3 Å². The highest BCUT2D eigenvalue weighted by Crippen LogP contribution is 2.24. The van der Waals surface area contributed by atoms with Crippen LogP contribution in [0.25, 0.3) is 0 Å². The zero-order valence-electron chi connectivity index (χ0n) is 16.7. The average molecular weight is 409 g/mol. The highest BCUT2D eigenvalue weighted by Gasteiger charge is 2.17. The fraction of sp³-hybridized carbons (Fsp3) is 0.174. The van der Waals surface area contributed by atoms with E-state index in [0.29, 0.717) is 11.3 Å². The Balaban J connectivity index is 1.89. The molecule has 3 aromatic carbocycles. The maximum absolute atomic E-state index is 12.8. The summed E-state index contributed by atoms with van der Waals surface area (Å²) in [7, 11) is -3.74. The Kier molecular flexibility index (Phi) is 6.03. The molecule has 29 heavy (non-hydrogen) atoms. The molecule has 0 bridgehead atoms. The first-order chi connectivity index (χ1) is 13.8. The summed E-state index contributed by atoms with van der Waals surface area (Å²) in [6.07, 6.45) is 0.799. The minimum Gasteiger partial charge on any atom is -0.321 e. The first-order valence-electron chi connectivity index (χ1n) is 9.40. The third kappa shape index (κ3) is 4.66. The van der Waals surface area contributed by atoms with Crippen LogP contribution in [-0.4, -0.2) is 14.3 Å². The van der Waals surface area contributed by atoms with Crippen molar-refractivity contribution in [2.75, 3.05) is 10.0 Å². The van der Waals surface area contributed by atoms with Crippen LogP contribution >= 0.6 is 0 Å². The van der Waals surface area contributed by atoms with E-state index in [1.807, 2.05) is 32.0 Å². The maximum atomic E-state index is 12.8. The van der Waals surface area contributed by atoms with Gasteiger partial charge in [0.25, 0.3) is 15.9 Å². The average Bonchev–Trinajstić information content (AvgIpc) is 2.71. The number of hydrogen-bond donors (Lipinski definition) is 2. The Labute approximate surface area is 171 Å². The van der Waals surface area contributed by atoms with E-state index in [1.54, 1.807) is 43.3 Å². The van der Waals surface area contributed by atoms with Crippen LogP contribution in [0.5, 0.6) is 0 Å². The second-order valence-corrected chi connectivity index (χ2v) is 8.55. The highest BCUT2D eigenvalue weighted by atomic mass is 32.2. The van der Waals surface area contributed by atoms with Crippen LogP contribution in [0.3, 0.4) is 0 Å². The van der Waals surface area contributed by atoms with E-state index >= 15 is 0 Å². The molecule has 3 aromatic rings. The van der Waals surface area contributed by atoms with Gasteiger partial charge in [0.2, 0.25) is 0 Å². The van der Waals surface area contributed by atoms with E-state index in [0.717, 1.165) is 28.8 Å². The molecule has 5 nitrogen and oxygen atoms in total. The molecule has 0 aromatic heterocycles. The lowest BCUT2D eigenvalue weighted by Gasteiger charge is -2.15. The molecule has 150 valence electrons. The Morgan fingerprint density at radius 2 is 1.62 bits per heavy atom. The van der Waals surface area contributed by atoms with Crippen LogP contribution in [0.2, 0.25) is 0 Å². The van der Waals surface area contributed by atoms with Crippen LogP contribution in [0.15, 0.2) is 71.6 Å². The van der Waals surface area contributed by atoms with E-state index in [4.69, 9.17) is 0 Å². The number of benzene rings is 3. The fourth-order valence-electron chi connectivity index (χ4n) is 3.06. The van der Waals surface area contributed by atoms with E-state index in [-0.39, 0.29) is 10.8 Å². The number of rotatable bonds is 6. The molecule has 0 saturated heterocycles. The Bertz CT molecular complexity index is 1140. The lowest BCUT2D eigenvalue weighted by molar-refractivity contribution is 0.102. The Hall–Kier alpha value is -3.12. The molecule has 6 heteroatoms. The largest absolute Gasteiger partial charge is 0.321 e. The summed E-state index contributed by atoms with van der Waals surface area (Å²) in [5.74, 6) is -0.283. The van der Waals surface area contributed by atoms with Crippen molar-refractivity contribution < 1.29 is 13.2 Å². The number of carbonyl (C=O) groups is 1. The van der Waals surface area contributed by atoms with Gasteiger partial charge in [-0.3, -0.25) is 9.52 Å². The number of sulfonamides is 1.